The molecule has 1 rings (SSSR count). The molecule has 0 fully saturated rings. The second-order valence-corrected chi connectivity index (χ2v) is 4.65. The van der Waals surface area contributed by atoms with Crippen molar-refractivity contribution < 1.29 is 28.8 Å². The molecule has 0 bridgehead atoms. The summed E-state index contributed by atoms with van der Waals surface area (Å²) in [5.41, 5.74) is 5.94. The predicted molar refractivity (Wildman–Crippen MR) is 96.7 cm³/mol. The fraction of sp³-hybridized carbons (Fsp3) is 0.353. The Bertz CT molecular complexity index is 712. The highest BCUT2D eigenvalue weighted by Crippen LogP contribution is 2.29. The number of para-hydroxylation sites is 1. The van der Waals surface area contributed by atoms with Crippen LogP contribution in [0.1, 0.15) is 19.4 Å². The Labute approximate surface area is 151 Å². The van der Waals surface area contributed by atoms with Crippen molar-refractivity contribution in [3.63, 3.8) is 0 Å². The molecule has 0 saturated heterocycles. The van der Waals surface area contributed by atoms with Gasteiger partial charge in [0.25, 0.3) is 5.95 Å². The van der Waals surface area contributed by atoms with E-state index in [1.807, 2.05) is 0 Å². The van der Waals surface area contributed by atoms with Crippen molar-refractivity contribution in [3.05, 3.63) is 35.3 Å². The molecule has 9 nitrogen and oxygen atoms in total. The quantitative estimate of drug-likeness (QED) is 0.171. The Morgan fingerprint density at radius 2 is 1.88 bits per heavy atom. The summed E-state index contributed by atoms with van der Waals surface area (Å²) >= 11 is 0. The number of nitrogens with zero attached hydrogens (tertiary/aromatic N) is 2. The van der Waals surface area contributed by atoms with Gasteiger partial charge in [0, 0.05) is 5.56 Å². The zero-order valence-corrected chi connectivity index (χ0v) is 15.2. The van der Waals surface area contributed by atoms with Crippen molar-refractivity contribution in [2.75, 3.05) is 27.4 Å². The average molecular weight is 365 g/mol. The third-order valence-corrected chi connectivity index (χ3v) is 3.03. The molecular formula is C17H23N3O6. The van der Waals surface area contributed by atoms with Crippen LogP contribution >= 0.6 is 0 Å². The number of methoxy groups -OCH3 is 2. The molecule has 0 amide bonds. The summed E-state index contributed by atoms with van der Waals surface area (Å²) in [6.45, 7) is 3.49. The van der Waals surface area contributed by atoms with Crippen molar-refractivity contribution in [1.82, 2.24) is 0 Å². The first-order valence-electron chi connectivity index (χ1n) is 7.81. The second kappa shape index (κ2) is 10.6. The average Bonchev–Trinajstić information content (AvgIpc) is 2.62. The third kappa shape index (κ3) is 5.40. The molecule has 9 heteroatoms. The number of esters is 1. The van der Waals surface area contributed by atoms with Gasteiger partial charge in [0.1, 0.15) is 0 Å². The molecule has 0 radical (unpaired) electrons. The number of rotatable bonds is 9. The number of carbonyl (C=O) groups is 1. The minimum atomic E-state index is -0.867. The van der Waals surface area contributed by atoms with E-state index in [1.54, 1.807) is 32.0 Å². The van der Waals surface area contributed by atoms with Gasteiger partial charge in [-0.05, 0) is 26.0 Å². The van der Waals surface area contributed by atoms with Crippen LogP contribution in [-0.4, -0.2) is 50.6 Å². The van der Waals surface area contributed by atoms with Crippen LogP contribution in [0.5, 0.6) is 11.5 Å². The van der Waals surface area contributed by atoms with E-state index < -0.39 is 17.5 Å². The van der Waals surface area contributed by atoms with E-state index >= 15 is 0 Å². The van der Waals surface area contributed by atoms with Crippen LogP contribution in [0.15, 0.2) is 39.9 Å². The smallest absolute Gasteiger partial charge is 0.349 e. The van der Waals surface area contributed by atoms with Crippen LogP contribution in [0.25, 0.3) is 0 Å². The Balaban J connectivity index is 3.16. The van der Waals surface area contributed by atoms with E-state index in [9.17, 15) is 9.90 Å². The predicted octanol–water partition coefficient (Wildman–Crippen LogP) is 1.76. The zero-order chi connectivity index (χ0) is 19.5. The molecule has 0 spiro atoms. The van der Waals surface area contributed by atoms with Crippen LogP contribution in [0.3, 0.4) is 0 Å². The van der Waals surface area contributed by atoms with Crippen LogP contribution in [-0.2, 0) is 14.3 Å². The highest BCUT2D eigenvalue weighted by Gasteiger charge is 2.22. The zero-order valence-electron chi connectivity index (χ0n) is 15.2. The van der Waals surface area contributed by atoms with E-state index in [1.165, 1.54) is 20.4 Å². The lowest BCUT2D eigenvalue weighted by Crippen LogP contribution is -2.25. The first kappa shape index (κ1) is 20.8. The van der Waals surface area contributed by atoms with Gasteiger partial charge in [0.15, 0.2) is 22.9 Å². The molecule has 0 aliphatic rings. The fourth-order valence-electron chi connectivity index (χ4n) is 1.93. The lowest BCUT2D eigenvalue weighted by Gasteiger charge is -2.09. The maximum absolute atomic E-state index is 11.9. The van der Waals surface area contributed by atoms with E-state index in [0.29, 0.717) is 17.1 Å². The van der Waals surface area contributed by atoms with Crippen LogP contribution in [0.4, 0.5) is 0 Å². The van der Waals surface area contributed by atoms with Crippen LogP contribution in [0, 0.1) is 0 Å². The summed E-state index contributed by atoms with van der Waals surface area (Å²) in [7, 11) is 3.01. The number of hydrogen-bond acceptors (Lipinski definition) is 8. The van der Waals surface area contributed by atoms with Gasteiger partial charge in [-0.3, -0.25) is 0 Å². The van der Waals surface area contributed by atoms with Gasteiger partial charge >= 0.3 is 5.97 Å². The van der Waals surface area contributed by atoms with Gasteiger partial charge in [-0.25, -0.2) is 4.79 Å². The molecular weight excluding hydrogens is 342 g/mol. The van der Waals surface area contributed by atoms with E-state index in [2.05, 4.69) is 10.2 Å². The summed E-state index contributed by atoms with van der Waals surface area (Å²) in [5.74, 6) is -0.914. The molecule has 0 unspecified atom stereocenters. The molecule has 1 aromatic rings. The number of nitrogens with two attached hydrogens (primary N) is 1. The van der Waals surface area contributed by atoms with E-state index in [0.717, 1.165) is 0 Å². The van der Waals surface area contributed by atoms with Crippen molar-refractivity contribution in [2.24, 2.45) is 15.9 Å². The summed E-state index contributed by atoms with van der Waals surface area (Å²) < 4.78 is 20.2. The minimum absolute atomic E-state index is 0.0965. The van der Waals surface area contributed by atoms with Gasteiger partial charge in [0.05, 0.1) is 33.6 Å². The number of carbonyl (C=O) groups excluding carboxylic acids is 1. The lowest BCUT2D eigenvalue weighted by atomic mass is 10.2. The SMILES string of the molecule is CCOC(=O)C(/C(N)=N/N=C/c1cccc(OC)c1OC)=C(\O)OCC. The number of ether oxygens (including phenoxy) is 4. The third-order valence-electron chi connectivity index (χ3n) is 3.03. The van der Waals surface area contributed by atoms with Crippen molar-refractivity contribution >= 4 is 18.0 Å². The number of amidine groups is 1. The van der Waals surface area contributed by atoms with Gasteiger partial charge < -0.3 is 29.8 Å². The molecule has 26 heavy (non-hydrogen) atoms. The molecule has 0 heterocycles. The lowest BCUT2D eigenvalue weighted by molar-refractivity contribution is -0.138. The molecule has 0 aromatic heterocycles. The standard InChI is InChI=1S/C17H23N3O6/c1-5-25-16(21)13(17(22)26-6-2)15(18)20-19-10-11-8-7-9-12(23-3)14(11)24-4/h7-10,21H,5-6H2,1-4H3,(H2,18,20)/b16-13+,19-10+. The molecule has 0 aliphatic heterocycles. The van der Waals surface area contributed by atoms with E-state index in [4.69, 9.17) is 24.7 Å². The Hall–Kier alpha value is -3.23. The second-order valence-electron chi connectivity index (χ2n) is 4.65. The maximum atomic E-state index is 11.9. The molecule has 3 N–H and O–H groups in total. The highest BCUT2D eigenvalue weighted by atomic mass is 16.6. The number of aliphatic hydroxyl groups excluding tert-OH is 1. The Morgan fingerprint density at radius 3 is 2.46 bits per heavy atom. The maximum Gasteiger partial charge on any atom is 0.349 e. The molecule has 1 aromatic carbocycles. The largest absolute Gasteiger partial charge is 0.493 e. The highest BCUT2D eigenvalue weighted by molar-refractivity contribution is 6.18. The van der Waals surface area contributed by atoms with E-state index in [-0.39, 0.29) is 19.0 Å². The van der Waals surface area contributed by atoms with Gasteiger partial charge in [-0.15, -0.1) is 5.10 Å². The molecule has 0 saturated carbocycles. The van der Waals surface area contributed by atoms with Crippen LogP contribution in [0.2, 0.25) is 0 Å². The monoisotopic (exact) mass is 365 g/mol. The minimum Gasteiger partial charge on any atom is -0.493 e. The Morgan fingerprint density at radius 1 is 1.19 bits per heavy atom. The number of aliphatic hydroxyl groups is 1. The fourth-order valence-corrected chi connectivity index (χ4v) is 1.93. The van der Waals surface area contributed by atoms with Crippen molar-refractivity contribution in [3.8, 4) is 11.5 Å². The van der Waals surface area contributed by atoms with Crippen LogP contribution < -0.4 is 15.2 Å². The first-order valence-corrected chi connectivity index (χ1v) is 7.81. The normalized spacial score (nSPS) is 12.5. The van der Waals surface area contributed by atoms with Gasteiger partial charge in [0.2, 0.25) is 0 Å². The number of hydrogen-bond donors (Lipinski definition) is 2. The summed E-state index contributed by atoms with van der Waals surface area (Å²) in [5, 5.41) is 17.4. The van der Waals surface area contributed by atoms with Gasteiger partial charge in [-0.1, -0.05) is 6.07 Å². The summed E-state index contributed by atoms with van der Waals surface area (Å²) in [6.07, 6.45) is 1.37. The molecule has 142 valence electrons. The first-order chi connectivity index (χ1) is 12.5. The Kier molecular flexibility index (Phi) is 8.48. The number of benzene rings is 1. The molecule has 0 atom stereocenters. The van der Waals surface area contributed by atoms with Gasteiger partial charge in [-0.2, -0.15) is 5.10 Å². The van der Waals surface area contributed by atoms with Crippen molar-refractivity contribution in [2.45, 2.75) is 13.8 Å². The summed E-state index contributed by atoms with van der Waals surface area (Å²) in [4.78, 5) is 11.9. The topological polar surface area (TPSA) is 125 Å². The van der Waals surface area contributed by atoms with Crippen molar-refractivity contribution in [1.29, 1.82) is 0 Å². The molecule has 0 aliphatic carbocycles. The summed E-state index contributed by atoms with van der Waals surface area (Å²) in [6, 6.07) is 5.21.